The SMILES string of the molecule is Cc1nc(N[C@@](Cc2ccccc2)(C2=CC(F)=CC(C(F)(F)F)C2)c2ccc(F)cc2)sc1C. The molecule has 0 bridgehead atoms. The standard InChI is InChI=1S/C26H23F5N2S/c1-16-17(2)34-24(32-16)33-25(15-18-6-4-3-5-7-18,19-8-10-22(27)11-9-19)20-12-21(26(29,30)31)14-23(28)13-20/h3-11,13-14,21H,12,15H2,1-2H3,(H,32,33)/t21?,25-/m1/s1. The Hall–Kier alpha value is -3.00. The Morgan fingerprint density at radius 3 is 2.26 bits per heavy atom. The lowest BCUT2D eigenvalue weighted by Gasteiger charge is -2.40. The van der Waals surface area contributed by atoms with Crippen LogP contribution in [0, 0.1) is 25.6 Å². The number of rotatable bonds is 6. The van der Waals surface area contributed by atoms with E-state index >= 15 is 0 Å². The number of thiazole rings is 1. The molecular weight excluding hydrogens is 467 g/mol. The molecule has 1 aliphatic rings. The van der Waals surface area contributed by atoms with Gasteiger partial charge in [-0.3, -0.25) is 0 Å². The number of aryl methyl sites for hydroxylation is 2. The van der Waals surface area contributed by atoms with Crippen LogP contribution in [0.5, 0.6) is 0 Å². The minimum atomic E-state index is -4.60. The quantitative estimate of drug-likeness (QED) is 0.357. The van der Waals surface area contributed by atoms with E-state index in [-0.39, 0.29) is 12.0 Å². The topological polar surface area (TPSA) is 24.9 Å². The van der Waals surface area contributed by atoms with E-state index < -0.39 is 35.7 Å². The molecule has 1 unspecified atom stereocenters. The van der Waals surface area contributed by atoms with Crippen LogP contribution in [0.2, 0.25) is 0 Å². The van der Waals surface area contributed by atoms with Gasteiger partial charge in [-0.25, -0.2) is 13.8 Å². The minimum absolute atomic E-state index is 0.209. The second-order valence-corrected chi connectivity index (χ2v) is 9.64. The highest BCUT2D eigenvalue weighted by atomic mass is 32.1. The van der Waals surface area contributed by atoms with Gasteiger partial charge in [0.15, 0.2) is 5.13 Å². The van der Waals surface area contributed by atoms with E-state index in [1.165, 1.54) is 35.6 Å². The fourth-order valence-corrected chi connectivity index (χ4v) is 5.10. The number of benzene rings is 2. The summed E-state index contributed by atoms with van der Waals surface area (Å²) in [6, 6.07) is 14.8. The summed E-state index contributed by atoms with van der Waals surface area (Å²) in [6.45, 7) is 3.74. The second-order valence-electron chi connectivity index (χ2n) is 8.43. The predicted molar refractivity (Wildman–Crippen MR) is 125 cm³/mol. The van der Waals surface area contributed by atoms with Gasteiger partial charge in [-0.05, 0) is 61.3 Å². The first-order chi connectivity index (χ1) is 16.1. The first kappa shape index (κ1) is 24.1. The number of halogens is 5. The molecule has 0 amide bonds. The van der Waals surface area contributed by atoms with Gasteiger partial charge in [0.25, 0.3) is 0 Å². The number of anilines is 1. The van der Waals surface area contributed by atoms with Crippen molar-refractivity contribution in [1.29, 1.82) is 0 Å². The minimum Gasteiger partial charge on any atom is -0.348 e. The number of alkyl halides is 3. The average Bonchev–Trinajstić information content (AvgIpc) is 3.10. The molecule has 1 aliphatic carbocycles. The molecule has 34 heavy (non-hydrogen) atoms. The second kappa shape index (κ2) is 9.33. The highest BCUT2D eigenvalue weighted by molar-refractivity contribution is 7.15. The molecule has 0 fully saturated rings. The van der Waals surface area contributed by atoms with Gasteiger partial charge >= 0.3 is 6.18 Å². The van der Waals surface area contributed by atoms with Gasteiger partial charge in [0.1, 0.15) is 11.6 Å². The Bertz CT molecular complexity index is 1190. The molecule has 3 aromatic rings. The molecule has 0 spiro atoms. The summed E-state index contributed by atoms with van der Waals surface area (Å²) >= 11 is 1.37. The molecule has 0 saturated carbocycles. The predicted octanol–water partition coefficient (Wildman–Crippen LogP) is 7.81. The monoisotopic (exact) mass is 490 g/mol. The van der Waals surface area contributed by atoms with Crippen LogP contribution in [0.1, 0.15) is 28.1 Å². The van der Waals surface area contributed by atoms with Gasteiger partial charge in [-0.2, -0.15) is 13.2 Å². The first-order valence-electron chi connectivity index (χ1n) is 10.7. The smallest absolute Gasteiger partial charge is 0.348 e. The van der Waals surface area contributed by atoms with Crippen LogP contribution in [-0.4, -0.2) is 11.2 Å². The number of nitrogens with one attached hydrogen (secondary N) is 1. The van der Waals surface area contributed by atoms with Crippen molar-refractivity contribution in [3.05, 3.63) is 106 Å². The van der Waals surface area contributed by atoms with Crippen molar-refractivity contribution < 1.29 is 22.0 Å². The van der Waals surface area contributed by atoms with Crippen molar-refractivity contribution in [2.75, 3.05) is 5.32 Å². The molecule has 1 aromatic heterocycles. The first-order valence-corrected chi connectivity index (χ1v) is 11.6. The van der Waals surface area contributed by atoms with Crippen molar-refractivity contribution >= 4 is 16.5 Å². The van der Waals surface area contributed by atoms with Crippen LogP contribution in [0.4, 0.5) is 27.1 Å². The van der Waals surface area contributed by atoms with Crippen LogP contribution < -0.4 is 5.32 Å². The van der Waals surface area contributed by atoms with E-state index in [1.807, 2.05) is 44.2 Å². The molecule has 8 heteroatoms. The molecular formula is C26H23F5N2S. The van der Waals surface area contributed by atoms with Crippen molar-refractivity contribution in [2.24, 2.45) is 5.92 Å². The van der Waals surface area contributed by atoms with Crippen molar-refractivity contribution in [3.8, 4) is 0 Å². The maximum atomic E-state index is 14.7. The molecule has 4 rings (SSSR count). The third-order valence-corrected chi connectivity index (χ3v) is 7.07. The van der Waals surface area contributed by atoms with Crippen LogP contribution in [0.3, 0.4) is 0 Å². The number of allylic oxidation sites excluding steroid dienone is 3. The third-order valence-electron chi connectivity index (χ3n) is 6.08. The Balaban J connectivity index is 1.93. The summed E-state index contributed by atoms with van der Waals surface area (Å²) in [5.41, 5.74) is 1.06. The molecule has 0 saturated heterocycles. The fraction of sp³-hybridized carbons (Fsp3) is 0.269. The summed E-state index contributed by atoms with van der Waals surface area (Å²) in [5, 5.41) is 3.85. The maximum absolute atomic E-state index is 14.7. The van der Waals surface area contributed by atoms with Crippen LogP contribution in [-0.2, 0) is 12.0 Å². The summed E-state index contributed by atoms with van der Waals surface area (Å²) < 4.78 is 69.7. The largest absolute Gasteiger partial charge is 0.395 e. The molecule has 178 valence electrons. The zero-order valence-corrected chi connectivity index (χ0v) is 19.4. The normalized spacial score (nSPS) is 18.1. The Kier molecular flexibility index (Phi) is 6.62. The fourth-order valence-electron chi connectivity index (χ4n) is 4.21. The highest BCUT2D eigenvalue weighted by Crippen LogP contribution is 2.46. The highest BCUT2D eigenvalue weighted by Gasteiger charge is 2.46. The molecule has 2 nitrogen and oxygen atoms in total. The van der Waals surface area contributed by atoms with Gasteiger partial charge in [-0.1, -0.05) is 42.5 Å². The Labute approximate surface area is 198 Å². The molecule has 1 N–H and O–H groups in total. The van der Waals surface area contributed by atoms with E-state index in [1.54, 1.807) is 0 Å². The average molecular weight is 491 g/mol. The number of hydrogen-bond acceptors (Lipinski definition) is 3. The van der Waals surface area contributed by atoms with Crippen molar-refractivity contribution in [3.63, 3.8) is 0 Å². The van der Waals surface area contributed by atoms with E-state index in [0.29, 0.717) is 16.8 Å². The lowest BCUT2D eigenvalue weighted by molar-refractivity contribution is -0.161. The van der Waals surface area contributed by atoms with Gasteiger partial charge in [0.2, 0.25) is 0 Å². The molecule has 0 aliphatic heterocycles. The summed E-state index contributed by atoms with van der Waals surface area (Å²) in [6.07, 6.45) is -3.06. The third kappa shape index (κ3) is 5.06. The van der Waals surface area contributed by atoms with Gasteiger partial charge < -0.3 is 5.32 Å². The summed E-state index contributed by atoms with van der Waals surface area (Å²) in [5.74, 6) is -3.39. The number of nitrogens with zero attached hydrogens (tertiary/aromatic N) is 1. The van der Waals surface area contributed by atoms with E-state index in [4.69, 9.17) is 0 Å². The van der Waals surface area contributed by atoms with Gasteiger partial charge in [-0.15, -0.1) is 11.3 Å². The van der Waals surface area contributed by atoms with Gasteiger partial charge in [0, 0.05) is 11.3 Å². The number of aromatic nitrogens is 1. The van der Waals surface area contributed by atoms with E-state index in [9.17, 15) is 22.0 Å². The van der Waals surface area contributed by atoms with Crippen LogP contribution in [0.25, 0.3) is 0 Å². The van der Waals surface area contributed by atoms with Crippen molar-refractivity contribution in [1.82, 2.24) is 4.98 Å². The van der Waals surface area contributed by atoms with Crippen LogP contribution in [0.15, 0.2) is 78.1 Å². The zero-order valence-electron chi connectivity index (χ0n) is 18.6. The van der Waals surface area contributed by atoms with E-state index in [0.717, 1.165) is 22.2 Å². The molecule has 2 aromatic carbocycles. The zero-order chi connectivity index (χ0) is 24.5. The van der Waals surface area contributed by atoms with E-state index in [2.05, 4.69) is 10.3 Å². The maximum Gasteiger partial charge on any atom is 0.395 e. The summed E-state index contributed by atoms with van der Waals surface area (Å²) in [4.78, 5) is 5.49. The molecule has 0 radical (unpaired) electrons. The summed E-state index contributed by atoms with van der Waals surface area (Å²) in [7, 11) is 0. The molecule has 2 atom stereocenters. The van der Waals surface area contributed by atoms with Gasteiger partial charge in [0.05, 0.1) is 17.2 Å². The molecule has 1 heterocycles. The lowest BCUT2D eigenvalue weighted by atomic mass is 9.73. The lowest BCUT2D eigenvalue weighted by Crippen LogP contribution is -2.42. The Morgan fingerprint density at radius 1 is 1.00 bits per heavy atom. The van der Waals surface area contributed by atoms with Crippen molar-refractivity contribution in [2.45, 2.75) is 38.4 Å². The Morgan fingerprint density at radius 2 is 1.68 bits per heavy atom. The van der Waals surface area contributed by atoms with Crippen LogP contribution >= 0.6 is 11.3 Å². The number of hydrogen-bond donors (Lipinski definition) is 1.